The van der Waals surface area contributed by atoms with E-state index in [1.54, 1.807) is 6.07 Å². The Labute approximate surface area is 241 Å². The van der Waals surface area contributed by atoms with Crippen LogP contribution >= 0.6 is 23.2 Å². The highest BCUT2D eigenvalue weighted by atomic mass is 35.5. The lowest BCUT2D eigenvalue weighted by molar-refractivity contribution is -0.181. The summed E-state index contributed by atoms with van der Waals surface area (Å²) in [5.74, 6) is 0. The van der Waals surface area contributed by atoms with Gasteiger partial charge in [0.05, 0.1) is 45.8 Å². The third-order valence-electron chi connectivity index (χ3n) is 8.53. The molecule has 2 aliphatic rings. The summed E-state index contributed by atoms with van der Waals surface area (Å²) < 4.78 is 51.0. The van der Waals surface area contributed by atoms with E-state index >= 15 is 0 Å². The maximum Gasteiger partial charge on any atom is 0.401 e. The molecule has 0 bridgehead atoms. The van der Waals surface area contributed by atoms with E-state index in [0.717, 1.165) is 35.6 Å². The number of carbonyl (C=O) groups excluding carboxylic acids is 1. The van der Waals surface area contributed by atoms with Crippen LogP contribution in [0.2, 0.25) is 28.3 Å². The SMILES string of the molecule is CC(C)(C)[Si](C)(C)OC1(c2ncc(NC(=O)N3C[C@@](C)(C(F)(F)F)c4c3cnc3cc(Cl)nn43)cc2Cl)CCC1. The summed E-state index contributed by atoms with van der Waals surface area (Å²) in [4.78, 5) is 23.1. The molecule has 1 aliphatic carbocycles. The van der Waals surface area contributed by atoms with Crippen molar-refractivity contribution in [3.63, 3.8) is 0 Å². The van der Waals surface area contributed by atoms with E-state index in [2.05, 4.69) is 54.2 Å². The fourth-order valence-corrected chi connectivity index (χ4v) is 7.15. The average Bonchev–Trinajstić information content (AvgIpc) is 3.33. The van der Waals surface area contributed by atoms with Crippen LogP contribution in [0, 0.1) is 0 Å². The second-order valence-corrected chi connectivity index (χ2v) is 17.9. The van der Waals surface area contributed by atoms with Crippen molar-refractivity contribution in [3.05, 3.63) is 46.1 Å². The Morgan fingerprint density at radius 3 is 2.35 bits per heavy atom. The van der Waals surface area contributed by atoms with Crippen molar-refractivity contribution in [2.24, 2.45) is 0 Å². The molecule has 3 aromatic heterocycles. The summed E-state index contributed by atoms with van der Waals surface area (Å²) in [6.07, 6.45) is 0.571. The molecule has 1 aliphatic heterocycles. The van der Waals surface area contributed by atoms with Gasteiger partial charge in [-0.15, -0.1) is 0 Å². The van der Waals surface area contributed by atoms with Gasteiger partial charge in [0.15, 0.2) is 19.1 Å². The number of halogens is 5. The van der Waals surface area contributed by atoms with Gasteiger partial charge in [-0.05, 0) is 50.4 Å². The van der Waals surface area contributed by atoms with Crippen LogP contribution in [0.4, 0.5) is 29.3 Å². The zero-order chi connectivity index (χ0) is 29.5. The van der Waals surface area contributed by atoms with Crippen LogP contribution in [0.3, 0.4) is 0 Å². The molecule has 1 saturated carbocycles. The normalized spacial score (nSPS) is 20.9. The number of urea groups is 1. The van der Waals surface area contributed by atoms with Gasteiger partial charge in [-0.3, -0.25) is 9.88 Å². The van der Waals surface area contributed by atoms with E-state index in [-0.39, 0.29) is 32.9 Å². The Morgan fingerprint density at radius 2 is 1.80 bits per heavy atom. The van der Waals surface area contributed by atoms with Crippen LogP contribution in [-0.4, -0.2) is 46.7 Å². The molecule has 1 N–H and O–H groups in total. The highest BCUT2D eigenvalue weighted by molar-refractivity contribution is 6.74. The van der Waals surface area contributed by atoms with Crippen molar-refractivity contribution in [2.45, 2.75) is 82.3 Å². The molecular formula is C26H31Cl2F3N6O2Si. The number of nitrogens with zero attached hydrogens (tertiary/aromatic N) is 5. The first kappa shape index (κ1) is 29.1. The van der Waals surface area contributed by atoms with E-state index in [1.807, 2.05) is 0 Å². The molecule has 4 heterocycles. The summed E-state index contributed by atoms with van der Waals surface area (Å²) >= 11 is 12.6. The minimum absolute atomic E-state index is 0.00380. The number of hydrogen-bond acceptors (Lipinski definition) is 5. The van der Waals surface area contributed by atoms with E-state index in [9.17, 15) is 18.0 Å². The summed E-state index contributed by atoms with van der Waals surface area (Å²) in [5, 5.41) is 6.96. The summed E-state index contributed by atoms with van der Waals surface area (Å²) in [7, 11) is -2.14. The molecule has 0 spiro atoms. The Bertz CT molecular complexity index is 1500. The topological polar surface area (TPSA) is 84.6 Å². The van der Waals surface area contributed by atoms with Gasteiger partial charge in [-0.2, -0.15) is 18.3 Å². The van der Waals surface area contributed by atoms with E-state index in [0.29, 0.717) is 10.7 Å². The number of aromatic nitrogens is 4. The minimum atomic E-state index is -4.68. The molecule has 0 radical (unpaired) electrons. The van der Waals surface area contributed by atoms with Crippen molar-refractivity contribution in [2.75, 3.05) is 16.8 Å². The van der Waals surface area contributed by atoms with E-state index in [4.69, 9.17) is 27.6 Å². The maximum atomic E-state index is 14.4. The third-order valence-corrected chi connectivity index (χ3v) is 13.5. The second-order valence-electron chi connectivity index (χ2n) is 12.3. The Hall–Kier alpha value is -2.41. The minimum Gasteiger partial charge on any atom is -0.406 e. The largest absolute Gasteiger partial charge is 0.406 e. The van der Waals surface area contributed by atoms with Crippen molar-refractivity contribution in [1.82, 2.24) is 19.6 Å². The molecule has 5 rings (SSSR count). The lowest BCUT2D eigenvalue weighted by Crippen LogP contribution is -2.51. The molecule has 3 aromatic rings. The molecule has 2 amide bonds. The molecule has 8 nitrogen and oxygen atoms in total. The van der Waals surface area contributed by atoms with Gasteiger partial charge < -0.3 is 9.74 Å². The summed E-state index contributed by atoms with van der Waals surface area (Å²) in [5.41, 5.74) is -2.22. The highest BCUT2D eigenvalue weighted by Crippen LogP contribution is 2.52. The fourth-order valence-electron chi connectivity index (χ4n) is 5.05. The number of hydrogen-bond donors (Lipinski definition) is 1. The van der Waals surface area contributed by atoms with Crippen LogP contribution in [0.1, 0.15) is 58.3 Å². The molecule has 0 aromatic carbocycles. The van der Waals surface area contributed by atoms with Gasteiger partial charge in [-0.25, -0.2) is 14.3 Å². The highest BCUT2D eigenvalue weighted by Gasteiger charge is 2.60. The molecule has 0 unspecified atom stereocenters. The molecule has 40 heavy (non-hydrogen) atoms. The molecule has 216 valence electrons. The maximum absolute atomic E-state index is 14.4. The Balaban J connectivity index is 1.44. The first-order valence-corrected chi connectivity index (χ1v) is 16.6. The van der Waals surface area contributed by atoms with Gasteiger partial charge in [0.2, 0.25) is 0 Å². The standard InChI is InChI=1S/C26H31Cl2F3N6O2Si/c1-23(2,3)40(5,6)39-25(8-7-9-25)20-16(27)10-15(12-33-20)34-22(38)36-14-24(4,26(29,30)31)21-17(36)13-32-19-11-18(28)35-37(19)21/h10-13H,7-9,14H2,1-6H3,(H,34,38)/t24-/m1/s1. The predicted octanol–water partition coefficient (Wildman–Crippen LogP) is 7.70. The first-order chi connectivity index (χ1) is 18.4. The van der Waals surface area contributed by atoms with Crippen LogP contribution in [0.15, 0.2) is 24.5 Å². The van der Waals surface area contributed by atoms with E-state index < -0.39 is 38.1 Å². The number of alkyl halides is 3. The van der Waals surface area contributed by atoms with Crippen LogP contribution < -0.4 is 10.2 Å². The third kappa shape index (κ3) is 4.56. The number of nitrogens with one attached hydrogen (secondary N) is 1. The zero-order valence-corrected chi connectivity index (χ0v) is 25.6. The van der Waals surface area contributed by atoms with Crippen LogP contribution in [0.5, 0.6) is 0 Å². The zero-order valence-electron chi connectivity index (χ0n) is 23.1. The van der Waals surface area contributed by atoms with Crippen molar-refractivity contribution >= 4 is 54.6 Å². The number of anilines is 2. The van der Waals surface area contributed by atoms with E-state index in [1.165, 1.54) is 18.5 Å². The molecular weight excluding hydrogens is 584 g/mol. The van der Waals surface area contributed by atoms with Crippen molar-refractivity contribution < 1.29 is 22.4 Å². The smallest absolute Gasteiger partial charge is 0.401 e. The van der Waals surface area contributed by atoms with Gasteiger partial charge in [0.25, 0.3) is 0 Å². The van der Waals surface area contributed by atoms with Crippen molar-refractivity contribution in [1.29, 1.82) is 0 Å². The van der Waals surface area contributed by atoms with Gasteiger partial charge in [0.1, 0.15) is 5.41 Å². The number of pyridine rings is 1. The predicted molar refractivity (Wildman–Crippen MR) is 151 cm³/mol. The number of amides is 2. The number of rotatable bonds is 4. The van der Waals surface area contributed by atoms with Crippen LogP contribution in [-0.2, 0) is 15.4 Å². The number of carbonyl (C=O) groups is 1. The molecule has 1 atom stereocenters. The molecule has 0 saturated heterocycles. The van der Waals surface area contributed by atoms with Gasteiger partial charge >= 0.3 is 12.2 Å². The average molecular weight is 616 g/mol. The lowest BCUT2D eigenvalue weighted by atomic mass is 9.77. The van der Waals surface area contributed by atoms with Crippen molar-refractivity contribution in [3.8, 4) is 0 Å². The monoisotopic (exact) mass is 614 g/mol. The summed E-state index contributed by atoms with van der Waals surface area (Å²) in [6, 6.07) is 2.14. The van der Waals surface area contributed by atoms with Gasteiger partial charge in [-0.1, -0.05) is 44.0 Å². The quantitative estimate of drug-likeness (QED) is 0.304. The Morgan fingerprint density at radius 1 is 1.12 bits per heavy atom. The Kier molecular flexibility index (Phi) is 6.76. The molecule has 1 fully saturated rings. The van der Waals surface area contributed by atoms with Gasteiger partial charge in [0, 0.05) is 12.6 Å². The first-order valence-electron chi connectivity index (χ1n) is 12.9. The lowest BCUT2D eigenvalue weighted by Gasteiger charge is -2.50. The number of fused-ring (bicyclic) bond motifs is 3. The fraction of sp³-hybridized carbons (Fsp3) is 0.538. The summed E-state index contributed by atoms with van der Waals surface area (Å²) in [6.45, 7) is 11.2. The molecule has 14 heteroatoms. The second kappa shape index (κ2) is 9.30. The van der Waals surface area contributed by atoms with Crippen LogP contribution in [0.25, 0.3) is 5.65 Å².